The highest BCUT2D eigenvalue weighted by Gasteiger charge is 2.13. The third-order valence-electron chi connectivity index (χ3n) is 3.25. The highest BCUT2D eigenvalue weighted by Crippen LogP contribution is 2.26. The van der Waals surface area contributed by atoms with Crippen molar-refractivity contribution in [1.82, 2.24) is 0 Å². The molecule has 25 heavy (non-hydrogen) atoms. The van der Waals surface area contributed by atoms with Crippen LogP contribution in [0.15, 0.2) is 51.4 Å². The number of esters is 1. The number of hydrogen-bond donors (Lipinski definition) is 1. The minimum absolute atomic E-state index is 0.269. The molecule has 0 aliphatic rings. The lowest BCUT2D eigenvalue weighted by Gasteiger charge is -2.09. The van der Waals surface area contributed by atoms with Crippen LogP contribution in [0.5, 0.6) is 5.75 Å². The summed E-state index contributed by atoms with van der Waals surface area (Å²) in [6, 6.07) is 10.4. The Morgan fingerprint density at radius 3 is 2.48 bits per heavy atom. The van der Waals surface area contributed by atoms with Crippen LogP contribution in [-0.2, 0) is 9.53 Å². The van der Waals surface area contributed by atoms with E-state index < -0.39 is 5.97 Å². The Balaban J connectivity index is 2.15. The molecule has 130 valence electrons. The molecule has 0 aliphatic heterocycles. The zero-order valence-corrected chi connectivity index (χ0v) is 16.7. The summed E-state index contributed by atoms with van der Waals surface area (Å²) >= 11 is 6.68. The average molecular weight is 469 g/mol. The Hall–Kier alpha value is -2.12. The summed E-state index contributed by atoms with van der Waals surface area (Å²) in [4.78, 5) is 24.0. The van der Waals surface area contributed by atoms with Gasteiger partial charge in [-0.3, -0.25) is 4.79 Å². The number of benzene rings is 2. The Morgan fingerprint density at radius 2 is 1.84 bits per heavy atom. The highest BCUT2D eigenvalue weighted by molar-refractivity contribution is 9.10. The first-order valence-electron chi connectivity index (χ1n) is 7.15. The maximum absolute atomic E-state index is 12.1. The molecule has 0 heterocycles. The van der Waals surface area contributed by atoms with E-state index in [4.69, 9.17) is 9.47 Å². The standard InChI is InChI=1S/C18H15Br2NO4/c1-24-16-7-3-11(9-14(16)20)4-8-17(22)21-15-6-5-12(19)10-13(15)18(23)25-2/h3-10H,1-2H3,(H,21,22)/b8-4+. The molecule has 0 unspecified atom stereocenters. The van der Waals surface area contributed by atoms with Gasteiger partial charge in [-0.2, -0.15) is 0 Å². The zero-order valence-electron chi connectivity index (χ0n) is 13.5. The van der Waals surface area contributed by atoms with Crippen molar-refractivity contribution in [2.45, 2.75) is 0 Å². The van der Waals surface area contributed by atoms with Crippen LogP contribution in [0.1, 0.15) is 15.9 Å². The predicted octanol–water partition coefficient (Wildman–Crippen LogP) is 4.66. The van der Waals surface area contributed by atoms with Crippen molar-refractivity contribution < 1.29 is 19.1 Å². The number of carbonyl (C=O) groups is 2. The number of methoxy groups -OCH3 is 2. The quantitative estimate of drug-likeness (QED) is 0.512. The van der Waals surface area contributed by atoms with Gasteiger partial charge >= 0.3 is 5.97 Å². The van der Waals surface area contributed by atoms with Gasteiger partial charge in [-0.1, -0.05) is 22.0 Å². The van der Waals surface area contributed by atoms with E-state index in [0.717, 1.165) is 10.0 Å². The van der Waals surface area contributed by atoms with E-state index in [0.29, 0.717) is 15.9 Å². The van der Waals surface area contributed by atoms with Crippen LogP contribution < -0.4 is 10.1 Å². The van der Waals surface area contributed by atoms with E-state index in [-0.39, 0.29) is 11.5 Å². The highest BCUT2D eigenvalue weighted by atomic mass is 79.9. The van der Waals surface area contributed by atoms with Crippen molar-refractivity contribution in [2.24, 2.45) is 0 Å². The molecule has 7 heteroatoms. The van der Waals surface area contributed by atoms with Gasteiger partial charge in [0.2, 0.25) is 5.91 Å². The van der Waals surface area contributed by atoms with Gasteiger partial charge in [-0.15, -0.1) is 0 Å². The number of halogens is 2. The van der Waals surface area contributed by atoms with Gasteiger partial charge < -0.3 is 14.8 Å². The maximum atomic E-state index is 12.1. The molecule has 2 aromatic rings. The fourth-order valence-corrected chi connectivity index (χ4v) is 2.96. The normalized spacial score (nSPS) is 10.6. The number of hydrogen-bond acceptors (Lipinski definition) is 4. The van der Waals surface area contributed by atoms with Gasteiger partial charge in [-0.25, -0.2) is 4.79 Å². The Labute approximate surface area is 162 Å². The summed E-state index contributed by atoms with van der Waals surface area (Å²) in [7, 11) is 2.87. The molecule has 2 rings (SSSR count). The summed E-state index contributed by atoms with van der Waals surface area (Å²) in [5, 5.41) is 2.68. The van der Waals surface area contributed by atoms with Crippen LogP contribution in [0.25, 0.3) is 6.08 Å². The minimum Gasteiger partial charge on any atom is -0.496 e. The van der Waals surface area contributed by atoms with Crippen molar-refractivity contribution in [3.05, 3.63) is 62.5 Å². The first-order chi connectivity index (χ1) is 11.9. The second-order valence-electron chi connectivity index (χ2n) is 4.90. The number of anilines is 1. The third-order valence-corrected chi connectivity index (χ3v) is 4.36. The molecule has 5 nitrogen and oxygen atoms in total. The number of rotatable bonds is 5. The molecule has 0 fully saturated rings. The van der Waals surface area contributed by atoms with Crippen molar-refractivity contribution >= 4 is 55.5 Å². The zero-order chi connectivity index (χ0) is 18.4. The minimum atomic E-state index is -0.528. The van der Waals surface area contributed by atoms with Crippen LogP contribution in [0.3, 0.4) is 0 Å². The first-order valence-corrected chi connectivity index (χ1v) is 8.73. The fourth-order valence-electron chi connectivity index (χ4n) is 2.04. The van der Waals surface area contributed by atoms with Crippen LogP contribution >= 0.6 is 31.9 Å². The lowest BCUT2D eigenvalue weighted by Crippen LogP contribution is -2.13. The molecular formula is C18H15Br2NO4. The van der Waals surface area contributed by atoms with Gasteiger partial charge in [-0.05, 0) is 57.9 Å². The topological polar surface area (TPSA) is 64.6 Å². The molecule has 0 aromatic heterocycles. The SMILES string of the molecule is COC(=O)c1cc(Br)ccc1NC(=O)/C=C/c1ccc(OC)c(Br)c1. The van der Waals surface area contributed by atoms with Crippen LogP contribution in [0.4, 0.5) is 5.69 Å². The molecule has 0 bridgehead atoms. The van der Waals surface area contributed by atoms with E-state index >= 15 is 0 Å². The van der Waals surface area contributed by atoms with Crippen molar-refractivity contribution in [1.29, 1.82) is 0 Å². The van der Waals surface area contributed by atoms with E-state index in [2.05, 4.69) is 37.2 Å². The van der Waals surface area contributed by atoms with Crippen molar-refractivity contribution in [3.63, 3.8) is 0 Å². The Bertz CT molecular complexity index is 834. The lowest BCUT2D eigenvalue weighted by atomic mass is 10.1. The smallest absolute Gasteiger partial charge is 0.340 e. The maximum Gasteiger partial charge on any atom is 0.340 e. The van der Waals surface area contributed by atoms with E-state index in [1.807, 2.05) is 12.1 Å². The van der Waals surface area contributed by atoms with Gasteiger partial charge in [0.25, 0.3) is 0 Å². The first kappa shape index (κ1) is 19.2. The molecule has 0 atom stereocenters. The van der Waals surface area contributed by atoms with Gasteiger partial charge in [0.05, 0.1) is 29.9 Å². The van der Waals surface area contributed by atoms with Crippen molar-refractivity contribution in [2.75, 3.05) is 19.5 Å². The molecule has 0 aliphatic carbocycles. The Kier molecular flexibility index (Phi) is 6.78. The number of nitrogens with one attached hydrogen (secondary N) is 1. The fraction of sp³-hybridized carbons (Fsp3) is 0.111. The number of amides is 1. The molecule has 0 spiro atoms. The third kappa shape index (κ3) is 5.17. The summed E-state index contributed by atoms with van der Waals surface area (Å²) in [6.45, 7) is 0. The molecule has 1 amide bonds. The lowest BCUT2D eigenvalue weighted by molar-refractivity contribution is -0.111. The summed E-state index contributed by atoms with van der Waals surface area (Å²) in [5.74, 6) is -0.182. The van der Waals surface area contributed by atoms with E-state index in [9.17, 15) is 9.59 Å². The number of ether oxygens (including phenoxy) is 2. The van der Waals surface area contributed by atoms with Gasteiger partial charge in [0.15, 0.2) is 0 Å². The van der Waals surface area contributed by atoms with Gasteiger partial charge in [0, 0.05) is 10.5 Å². The molecule has 0 saturated carbocycles. The Morgan fingerprint density at radius 1 is 1.08 bits per heavy atom. The van der Waals surface area contributed by atoms with Gasteiger partial charge in [0.1, 0.15) is 5.75 Å². The van der Waals surface area contributed by atoms with E-state index in [1.165, 1.54) is 13.2 Å². The summed E-state index contributed by atoms with van der Waals surface area (Å²) in [5.41, 5.74) is 1.47. The second-order valence-corrected chi connectivity index (χ2v) is 6.67. The predicted molar refractivity (Wildman–Crippen MR) is 104 cm³/mol. The molecule has 0 saturated heterocycles. The largest absolute Gasteiger partial charge is 0.496 e. The molecule has 1 N–H and O–H groups in total. The average Bonchev–Trinajstić information content (AvgIpc) is 2.61. The molecular weight excluding hydrogens is 454 g/mol. The van der Waals surface area contributed by atoms with Crippen LogP contribution in [0, 0.1) is 0 Å². The van der Waals surface area contributed by atoms with Crippen LogP contribution in [0.2, 0.25) is 0 Å². The summed E-state index contributed by atoms with van der Waals surface area (Å²) in [6.07, 6.45) is 3.05. The second kappa shape index (κ2) is 8.82. The molecule has 2 aromatic carbocycles. The van der Waals surface area contributed by atoms with Crippen LogP contribution in [-0.4, -0.2) is 26.1 Å². The van der Waals surface area contributed by atoms with E-state index in [1.54, 1.807) is 37.5 Å². The molecule has 0 radical (unpaired) electrons. The number of carbonyl (C=O) groups excluding carboxylic acids is 2. The summed E-state index contributed by atoms with van der Waals surface area (Å²) < 4.78 is 11.4. The van der Waals surface area contributed by atoms with Crippen molar-refractivity contribution in [3.8, 4) is 5.75 Å². The monoisotopic (exact) mass is 467 g/mol.